The molecule has 2 aromatic carbocycles. The third-order valence-electron chi connectivity index (χ3n) is 8.66. The highest BCUT2D eigenvalue weighted by Crippen LogP contribution is 2.68. The predicted molar refractivity (Wildman–Crippen MR) is 123 cm³/mol. The van der Waals surface area contributed by atoms with Crippen molar-refractivity contribution in [1.29, 1.82) is 0 Å². The number of anilines is 1. The number of benzene rings is 2. The van der Waals surface area contributed by atoms with Crippen LogP contribution in [0.2, 0.25) is 0 Å². The van der Waals surface area contributed by atoms with Crippen molar-refractivity contribution in [2.45, 2.75) is 42.4 Å². The van der Waals surface area contributed by atoms with E-state index in [2.05, 4.69) is 35.5 Å². The summed E-state index contributed by atoms with van der Waals surface area (Å²) in [6.07, 6.45) is 1.86. The predicted octanol–water partition coefficient (Wildman–Crippen LogP) is 3.20. The average molecular weight is 430 g/mol. The highest BCUT2D eigenvalue weighted by atomic mass is 16.5. The molecule has 32 heavy (non-hydrogen) atoms. The van der Waals surface area contributed by atoms with Gasteiger partial charge in [0.25, 0.3) is 0 Å². The molecule has 1 spiro atoms. The Hall–Kier alpha value is -2.83. The van der Waals surface area contributed by atoms with Gasteiger partial charge in [0.2, 0.25) is 0 Å². The Labute approximate surface area is 187 Å². The molecule has 1 saturated heterocycles. The van der Waals surface area contributed by atoms with Crippen LogP contribution in [0.15, 0.2) is 36.4 Å². The van der Waals surface area contributed by atoms with Crippen LogP contribution in [0.3, 0.4) is 0 Å². The topological polar surface area (TPSA) is 66.9 Å². The number of hydrogen-bond acceptors (Lipinski definition) is 6. The lowest BCUT2D eigenvalue weighted by Gasteiger charge is -2.62. The summed E-state index contributed by atoms with van der Waals surface area (Å²) in [7, 11) is 5.78. The van der Waals surface area contributed by atoms with E-state index in [-0.39, 0.29) is 12.1 Å². The van der Waals surface area contributed by atoms with Gasteiger partial charge in [0.15, 0.2) is 17.6 Å². The molecule has 0 amide bonds. The van der Waals surface area contributed by atoms with Gasteiger partial charge in [-0.15, -0.1) is 0 Å². The van der Waals surface area contributed by atoms with E-state index in [1.54, 1.807) is 7.11 Å². The molecule has 4 atom stereocenters. The molecule has 1 fully saturated rings. The van der Waals surface area contributed by atoms with Gasteiger partial charge in [-0.05, 0) is 44.1 Å². The summed E-state index contributed by atoms with van der Waals surface area (Å²) in [5.41, 5.74) is 4.98. The van der Waals surface area contributed by atoms with Crippen molar-refractivity contribution in [3.63, 3.8) is 0 Å². The molecule has 2 N–H and O–H groups in total. The SMILES string of the molecule is CNc1c2c(nc3ccccc13)C1Oc3c(OC)ccc4c3[C@@]13CCN(C)[C@@H](C4)C3(O)C2. The molecule has 0 saturated carbocycles. The summed E-state index contributed by atoms with van der Waals surface area (Å²) < 4.78 is 12.5. The monoisotopic (exact) mass is 429 g/mol. The van der Waals surface area contributed by atoms with Gasteiger partial charge in [-0.3, -0.25) is 0 Å². The second kappa shape index (κ2) is 5.94. The Morgan fingerprint density at radius 3 is 2.91 bits per heavy atom. The second-order valence-electron chi connectivity index (χ2n) is 9.77. The Bertz CT molecular complexity index is 1310. The van der Waals surface area contributed by atoms with Crippen molar-refractivity contribution in [1.82, 2.24) is 9.88 Å². The fourth-order valence-corrected chi connectivity index (χ4v) is 7.30. The molecule has 4 aliphatic rings. The van der Waals surface area contributed by atoms with E-state index in [0.29, 0.717) is 6.42 Å². The maximum Gasteiger partial charge on any atom is 0.166 e. The first kappa shape index (κ1) is 18.7. The number of hydrogen-bond donors (Lipinski definition) is 2. The maximum atomic E-state index is 12.7. The number of ether oxygens (including phenoxy) is 2. The van der Waals surface area contributed by atoms with Gasteiger partial charge in [0.05, 0.1) is 29.3 Å². The number of methoxy groups -OCH3 is 1. The van der Waals surface area contributed by atoms with Crippen molar-refractivity contribution < 1.29 is 14.6 Å². The molecule has 164 valence electrons. The minimum atomic E-state index is -0.946. The van der Waals surface area contributed by atoms with Gasteiger partial charge in [-0.1, -0.05) is 24.3 Å². The summed E-state index contributed by atoms with van der Waals surface area (Å²) in [5.74, 6) is 1.54. The number of para-hydroxylation sites is 1. The summed E-state index contributed by atoms with van der Waals surface area (Å²) in [5, 5.41) is 17.2. The summed E-state index contributed by atoms with van der Waals surface area (Å²) in [4.78, 5) is 7.49. The average Bonchev–Trinajstić information content (AvgIpc) is 3.15. The van der Waals surface area contributed by atoms with E-state index in [1.165, 1.54) is 5.56 Å². The first-order chi connectivity index (χ1) is 15.5. The number of likely N-dealkylation sites (tertiary alicyclic amines) is 1. The van der Waals surface area contributed by atoms with Crippen LogP contribution in [0, 0.1) is 0 Å². The largest absolute Gasteiger partial charge is 0.493 e. The molecule has 7 rings (SSSR count). The molecule has 0 radical (unpaired) electrons. The van der Waals surface area contributed by atoms with Gasteiger partial charge in [-0.2, -0.15) is 0 Å². The molecular weight excluding hydrogens is 402 g/mol. The first-order valence-electron chi connectivity index (χ1n) is 11.4. The molecule has 6 heteroatoms. The molecule has 2 bridgehead atoms. The number of fused-ring (bicyclic) bond motifs is 3. The number of aromatic nitrogens is 1. The fourth-order valence-electron chi connectivity index (χ4n) is 7.30. The van der Waals surface area contributed by atoms with Gasteiger partial charge < -0.3 is 24.8 Å². The van der Waals surface area contributed by atoms with Gasteiger partial charge >= 0.3 is 0 Å². The number of piperidine rings is 1. The quantitative estimate of drug-likeness (QED) is 0.652. The molecule has 2 aliphatic carbocycles. The molecule has 3 aromatic rings. The highest BCUT2D eigenvalue weighted by Gasteiger charge is 2.72. The van der Waals surface area contributed by atoms with E-state index in [0.717, 1.165) is 64.3 Å². The van der Waals surface area contributed by atoms with Crippen LogP contribution in [-0.4, -0.2) is 54.4 Å². The van der Waals surface area contributed by atoms with Crippen LogP contribution in [0.5, 0.6) is 11.5 Å². The van der Waals surface area contributed by atoms with E-state index in [1.807, 2.05) is 25.2 Å². The number of aliphatic hydroxyl groups is 1. The van der Waals surface area contributed by atoms with Crippen molar-refractivity contribution in [3.8, 4) is 11.5 Å². The number of rotatable bonds is 2. The van der Waals surface area contributed by atoms with Crippen molar-refractivity contribution in [2.75, 3.05) is 33.1 Å². The molecule has 2 unspecified atom stereocenters. The van der Waals surface area contributed by atoms with Crippen LogP contribution < -0.4 is 14.8 Å². The Morgan fingerprint density at radius 1 is 1.25 bits per heavy atom. The minimum absolute atomic E-state index is 0.0264. The third kappa shape index (κ3) is 1.89. The smallest absolute Gasteiger partial charge is 0.166 e. The van der Waals surface area contributed by atoms with E-state index < -0.39 is 11.0 Å². The maximum absolute atomic E-state index is 12.7. The lowest BCUT2D eigenvalue weighted by molar-refractivity contribution is -0.167. The number of pyridine rings is 1. The van der Waals surface area contributed by atoms with Crippen molar-refractivity contribution in [2.24, 2.45) is 0 Å². The van der Waals surface area contributed by atoms with Gasteiger partial charge in [0.1, 0.15) is 0 Å². The lowest BCUT2D eigenvalue weighted by atomic mass is 9.49. The van der Waals surface area contributed by atoms with Gasteiger partial charge in [0, 0.05) is 41.7 Å². The molecule has 3 heterocycles. The molecular formula is C26H27N3O3. The fraction of sp³-hybridized carbons (Fsp3) is 0.423. The highest BCUT2D eigenvalue weighted by molar-refractivity contribution is 5.94. The lowest BCUT2D eigenvalue weighted by Crippen LogP contribution is -2.74. The summed E-state index contributed by atoms with van der Waals surface area (Å²) in [6, 6.07) is 12.4. The summed E-state index contributed by atoms with van der Waals surface area (Å²) >= 11 is 0. The number of nitrogens with one attached hydrogen (secondary N) is 1. The zero-order chi connectivity index (χ0) is 21.8. The van der Waals surface area contributed by atoms with Crippen LogP contribution in [0.1, 0.15) is 34.9 Å². The van der Waals surface area contributed by atoms with Crippen molar-refractivity contribution in [3.05, 3.63) is 58.8 Å². The normalized spacial score (nSPS) is 31.6. The summed E-state index contributed by atoms with van der Waals surface area (Å²) in [6.45, 7) is 0.921. The molecule has 2 aliphatic heterocycles. The number of likely N-dealkylation sites (N-methyl/N-ethyl adjacent to an activating group) is 1. The zero-order valence-electron chi connectivity index (χ0n) is 18.6. The van der Waals surface area contributed by atoms with E-state index >= 15 is 0 Å². The van der Waals surface area contributed by atoms with Gasteiger partial charge in [-0.25, -0.2) is 4.98 Å². The van der Waals surface area contributed by atoms with Crippen LogP contribution >= 0.6 is 0 Å². The molecule has 6 nitrogen and oxygen atoms in total. The number of nitrogens with zero attached hydrogens (tertiary/aromatic N) is 2. The minimum Gasteiger partial charge on any atom is -0.493 e. The van der Waals surface area contributed by atoms with E-state index in [4.69, 9.17) is 14.5 Å². The zero-order valence-corrected chi connectivity index (χ0v) is 18.6. The Kier molecular flexibility index (Phi) is 3.47. The molecule has 1 aromatic heterocycles. The van der Waals surface area contributed by atoms with Crippen LogP contribution in [0.25, 0.3) is 10.9 Å². The Balaban J connectivity index is 1.60. The first-order valence-corrected chi connectivity index (χ1v) is 11.4. The Morgan fingerprint density at radius 2 is 2.09 bits per heavy atom. The second-order valence-corrected chi connectivity index (χ2v) is 9.77. The van der Waals surface area contributed by atoms with Crippen molar-refractivity contribution >= 4 is 16.6 Å². The standard InChI is InChI=1S/C26H27N3O3/c1-27-21-15-6-4-5-7-17(15)28-22-16(21)13-26(30)19-12-14-8-9-18(31-3)23-20(14)25(26,24(22)32-23)10-11-29(19)2/h4-9,19,24,30H,10-13H2,1-3H3,(H,27,28)/t19-,24?,25-,26?/m0/s1. The van der Waals surface area contributed by atoms with Crippen LogP contribution in [-0.2, 0) is 18.3 Å². The van der Waals surface area contributed by atoms with E-state index in [9.17, 15) is 5.11 Å². The third-order valence-corrected chi connectivity index (χ3v) is 8.66. The van der Waals surface area contributed by atoms with Crippen LogP contribution in [0.4, 0.5) is 5.69 Å².